The minimum absolute atomic E-state index is 0.0717. The predicted octanol–water partition coefficient (Wildman–Crippen LogP) is -1.52. The van der Waals surface area contributed by atoms with Crippen molar-refractivity contribution in [2.75, 3.05) is 6.54 Å². The highest BCUT2D eigenvalue weighted by Gasteiger charge is 2.30. The molecule has 0 aliphatic rings. The van der Waals surface area contributed by atoms with Crippen LogP contribution in [-0.2, 0) is 36.8 Å². The van der Waals surface area contributed by atoms with Crippen LogP contribution in [0.4, 0.5) is 0 Å². The van der Waals surface area contributed by atoms with E-state index in [1.807, 2.05) is 0 Å². The number of Topliss-reactive ketones (excluding diaryl/α,β-unsaturated/α-hetero) is 1. The number of aliphatic imine (C=N–C) groups is 1. The Bertz CT molecular complexity index is 1220. The summed E-state index contributed by atoms with van der Waals surface area (Å²) in [4.78, 5) is 73.5. The van der Waals surface area contributed by atoms with Crippen LogP contribution >= 0.6 is 0 Å². The number of carboxylic acids is 1. The zero-order valence-corrected chi connectivity index (χ0v) is 23.4. The summed E-state index contributed by atoms with van der Waals surface area (Å²) in [5.41, 5.74) is 18.0. The zero-order valence-electron chi connectivity index (χ0n) is 23.4. The van der Waals surface area contributed by atoms with E-state index in [-0.39, 0.29) is 50.4 Å². The lowest BCUT2D eigenvalue weighted by Crippen LogP contribution is -2.57. The molecule has 1 aromatic carbocycles. The molecule has 0 bridgehead atoms. The van der Waals surface area contributed by atoms with Crippen molar-refractivity contribution in [2.45, 2.75) is 69.6 Å². The molecule has 3 amide bonds. The second-order valence-corrected chi connectivity index (χ2v) is 9.75. The third-order valence-electron chi connectivity index (χ3n) is 6.29. The number of carbonyl (C=O) groups is 5. The quantitative estimate of drug-likeness (QED) is 0.0569. The Balaban J connectivity index is 2.23. The van der Waals surface area contributed by atoms with Crippen LogP contribution < -0.4 is 33.2 Å². The zero-order chi connectivity index (χ0) is 31.1. The average Bonchev–Trinajstić information content (AvgIpc) is 3.46. The SMILES string of the molecule is CC(=O)[C@H](Cc1cnc[nH]1)NC(=O)C(CCCN=C(N)N)NC(=O)[C@H](Cc1ccccc1)NC(=O)C(N)CCC(=O)O. The first kappa shape index (κ1) is 33.4. The molecule has 0 radical (unpaired) electrons. The maximum absolute atomic E-state index is 13.5. The topological polar surface area (TPSA) is 261 Å². The van der Waals surface area contributed by atoms with E-state index < -0.39 is 47.9 Å². The molecule has 1 heterocycles. The molecule has 0 fully saturated rings. The highest BCUT2D eigenvalue weighted by Crippen LogP contribution is 2.08. The second-order valence-electron chi connectivity index (χ2n) is 9.75. The number of rotatable bonds is 18. The van der Waals surface area contributed by atoms with Gasteiger partial charge in [-0.1, -0.05) is 30.3 Å². The van der Waals surface area contributed by atoms with Crippen LogP contribution in [0.5, 0.6) is 0 Å². The van der Waals surface area contributed by atoms with E-state index in [2.05, 4.69) is 30.9 Å². The number of aromatic amines is 1. The lowest BCUT2D eigenvalue weighted by atomic mass is 10.0. The van der Waals surface area contributed by atoms with Gasteiger partial charge in [0.25, 0.3) is 0 Å². The van der Waals surface area contributed by atoms with Gasteiger partial charge in [-0.3, -0.25) is 29.0 Å². The van der Waals surface area contributed by atoms with Gasteiger partial charge in [0.1, 0.15) is 12.1 Å². The largest absolute Gasteiger partial charge is 0.481 e. The van der Waals surface area contributed by atoms with Crippen LogP contribution in [0.2, 0.25) is 0 Å². The van der Waals surface area contributed by atoms with Crippen LogP contribution in [0.15, 0.2) is 47.8 Å². The Morgan fingerprint density at radius 2 is 1.57 bits per heavy atom. The van der Waals surface area contributed by atoms with Crippen molar-refractivity contribution in [3.63, 3.8) is 0 Å². The van der Waals surface area contributed by atoms with Gasteiger partial charge in [0.05, 0.1) is 18.4 Å². The minimum atomic E-state index is -1.16. The molecule has 42 heavy (non-hydrogen) atoms. The Labute approximate surface area is 243 Å². The lowest BCUT2D eigenvalue weighted by Gasteiger charge is -2.25. The van der Waals surface area contributed by atoms with Gasteiger partial charge in [-0.05, 0) is 31.7 Å². The fraction of sp³-hybridized carbons (Fsp3) is 0.444. The second kappa shape index (κ2) is 17.1. The molecule has 2 rings (SSSR count). The Morgan fingerprint density at radius 1 is 0.929 bits per heavy atom. The van der Waals surface area contributed by atoms with Crippen molar-refractivity contribution in [3.8, 4) is 0 Å². The number of carbonyl (C=O) groups excluding carboxylic acids is 4. The van der Waals surface area contributed by atoms with Crippen molar-refractivity contribution in [1.82, 2.24) is 25.9 Å². The van der Waals surface area contributed by atoms with E-state index >= 15 is 0 Å². The summed E-state index contributed by atoms with van der Waals surface area (Å²) in [6, 6.07) is 4.57. The Morgan fingerprint density at radius 3 is 2.17 bits per heavy atom. The molecule has 0 spiro atoms. The molecule has 0 saturated carbocycles. The molecule has 0 saturated heterocycles. The fourth-order valence-electron chi connectivity index (χ4n) is 3.98. The monoisotopic (exact) mass is 585 g/mol. The maximum atomic E-state index is 13.5. The summed E-state index contributed by atoms with van der Waals surface area (Å²) in [7, 11) is 0. The predicted molar refractivity (Wildman–Crippen MR) is 154 cm³/mol. The number of guanidine groups is 1. The number of amides is 3. The average molecular weight is 586 g/mol. The number of aliphatic carboxylic acids is 1. The van der Waals surface area contributed by atoms with Crippen LogP contribution in [0.25, 0.3) is 0 Å². The minimum Gasteiger partial charge on any atom is -0.481 e. The van der Waals surface area contributed by atoms with Gasteiger partial charge >= 0.3 is 5.97 Å². The van der Waals surface area contributed by atoms with Crippen molar-refractivity contribution in [3.05, 3.63) is 54.1 Å². The van der Waals surface area contributed by atoms with Crippen molar-refractivity contribution in [1.29, 1.82) is 0 Å². The number of carboxylic acid groups (broad SMARTS) is 1. The van der Waals surface area contributed by atoms with Gasteiger partial charge in [-0.15, -0.1) is 0 Å². The highest BCUT2D eigenvalue weighted by atomic mass is 16.4. The van der Waals surface area contributed by atoms with Crippen molar-refractivity contribution in [2.24, 2.45) is 22.2 Å². The number of imidazole rings is 1. The van der Waals surface area contributed by atoms with Crippen molar-refractivity contribution < 1.29 is 29.1 Å². The van der Waals surface area contributed by atoms with Gasteiger partial charge in [-0.25, -0.2) is 4.98 Å². The summed E-state index contributed by atoms with van der Waals surface area (Å²) in [5.74, 6) is -3.53. The number of aromatic nitrogens is 2. The first-order valence-electron chi connectivity index (χ1n) is 13.4. The molecule has 15 heteroatoms. The fourth-order valence-corrected chi connectivity index (χ4v) is 3.98. The highest BCUT2D eigenvalue weighted by molar-refractivity contribution is 5.95. The number of hydrogen-bond donors (Lipinski definition) is 8. The van der Waals surface area contributed by atoms with Crippen LogP contribution in [0.1, 0.15) is 43.9 Å². The van der Waals surface area contributed by atoms with Gasteiger partial charge in [0, 0.05) is 37.7 Å². The molecule has 4 atom stereocenters. The molecule has 11 N–H and O–H groups in total. The first-order chi connectivity index (χ1) is 20.0. The van der Waals surface area contributed by atoms with Gasteiger partial charge in [0.15, 0.2) is 11.7 Å². The van der Waals surface area contributed by atoms with Gasteiger partial charge < -0.3 is 43.2 Å². The number of benzene rings is 1. The Kier molecular flexibility index (Phi) is 13.6. The summed E-state index contributed by atoms with van der Waals surface area (Å²) >= 11 is 0. The van der Waals surface area contributed by atoms with Gasteiger partial charge in [0.2, 0.25) is 17.7 Å². The molecule has 228 valence electrons. The summed E-state index contributed by atoms with van der Waals surface area (Å²) in [6.45, 7) is 1.53. The molecule has 2 aromatic rings. The molecular formula is C27H39N9O6. The van der Waals surface area contributed by atoms with Gasteiger partial charge in [-0.2, -0.15) is 0 Å². The molecular weight excluding hydrogens is 546 g/mol. The maximum Gasteiger partial charge on any atom is 0.303 e. The normalized spacial score (nSPS) is 13.6. The van der Waals surface area contributed by atoms with Crippen LogP contribution in [-0.4, -0.2) is 81.2 Å². The van der Waals surface area contributed by atoms with E-state index in [4.69, 9.17) is 22.3 Å². The number of hydrogen-bond acceptors (Lipinski definition) is 8. The number of ketones is 1. The summed E-state index contributed by atoms with van der Waals surface area (Å²) in [5, 5.41) is 16.9. The van der Waals surface area contributed by atoms with E-state index in [0.29, 0.717) is 12.1 Å². The third-order valence-corrected chi connectivity index (χ3v) is 6.29. The van der Waals surface area contributed by atoms with Crippen LogP contribution in [0.3, 0.4) is 0 Å². The number of nitrogens with one attached hydrogen (secondary N) is 4. The molecule has 1 aromatic heterocycles. The van der Waals surface area contributed by atoms with E-state index in [9.17, 15) is 24.0 Å². The molecule has 15 nitrogen and oxygen atoms in total. The number of nitrogens with zero attached hydrogens (tertiary/aromatic N) is 2. The number of nitrogens with two attached hydrogens (primary N) is 3. The van der Waals surface area contributed by atoms with E-state index in [1.165, 1.54) is 19.4 Å². The molecule has 0 aliphatic carbocycles. The first-order valence-corrected chi connectivity index (χ1v) is 13.4. The lowest BCUT2D eigenvalue weighted by molar-refractivity contribution is -0.137. The standard InChI is InChI=1S/C27H39N9O6/c1-16(37)21(13-18-14-31-15-33-18)35-25(41)20(8-5-11-32-27(29)30)34-26(42)22(12-17-6-3-2-4-7-17)36-24(40)19(28)9-10-23(38)39/h2-4,6-7,14-15,19-22H,5,8-13,28H2,1H3,(H,31,33)(H,34,42)(H,35,41)(H,36,40)(H,38,39)(H4,29,30,32)/t19?,20?,21-,22-/m0/s1. The molecule has 2 unspecified atom stereocenters. The van der Waals surface area contributed by atoms with E-state index in [0.717, 1.165) is 5.56 Å². The van der Waals surface area contributed by atoms with Crippen LogP contribution in [0, 0.1) is 0 Å². The third kappa shape index (κ3) is 12.2. The summed E-state index contributed by atoms with van der Waals surface area (Å²) in [6.07, 6.45) is 3.21. The molecule has 0 aliphatic heterocycles. The Hall–Kier alpha value is -4.79. The number of H-pyrrole nitrogens is 1. The van der Waals surface area contributed by atoms with Crippen molar-refractivity contribution >= 4 is 35.4 Å². The smallest absolute Gasteiger partial charge is 0.303 e. The van der Waals surface area contributed by atoms with E-state index in [1.54, 1.807) is 30.3 Å². The summed E-state index contributed by atoms with van der Waals surface area (Å²) < 4.78 is 0.